The number of esters is 1. The summed E-state index contributed by atoms with van der Waals surface area (Å²) in [6.07, 6.45) is 0.204. The van der Waals surface area contributed by atoms with Crippen molar-refractivity contribution in [3.05, 3.63) is 51.6 Å². The van der Waals surface area contributed by atoms with Crippen molar-refractivity contribution in [2.75, 3.05) is 5.32 Å². The lowest BCUT2D eigenvalue weighted by Gasteiger charge is -2.14. The molecule has 2 aromatic rings. The molecule has 0 aliphatic heterocycles. The Hall–Kier alpha value is -2.31. The van der Waals surface area contributed by atoms with E-state index in [-0.39, 0.29) is 22.2 Å². The number of hydrogen-bond acceptors (Lipinski definition) is 5. The van der Waals surface area contributed by atoms with Gasteiger partial charge < -0.3 is 15.2 Å². The minimum Gasteiger partial charge on any atom is -0.507 e. The molecule has 0 radical (unpaired) electrons. The number of nitrogens with zero attached hydrogens (tertiary/aromatic N) is 1. The fourth-order valence-electron chi connectivity index (χ4n) is 1.83. The number of phenolic OH excluding ortho intramolecular Hbond substituents is 1. The van der Waals surface area contributed by atoms with Crippen LogP contribution in [0.2, 0.25) is 10.0 Å². The number of benzene rings is 1. The number of ether oxygens (including phenoxy) is 1. The molecule has 126 valence electrons. The van der Waals surface area contributed by atoms with Gasteiger partial charge in [0.05, 0.1) is 10.0 Å². The van der Waals surface area contributed by atoms with Crippen molar-refractivity contribution in [3.8, 4) is 5.75 Å². The summed E-state index contributed by atoms with van der Waals surface area (Å²) in [5.41, 5.74) is 0.510. The lowest BCUT2D eigenvalue weighted by Crippen LogP contribution is -2.30. The van der Waals surface area contributed by atoms with E-state index in [9.17, 15) is 14.7 Å². The molecule has 1 atom stereocenters. The van der Waals surface area contributed by atoms with Crippen LogP contribution in [0.5, 0.6) is 5.75 Å². The van der Waals surface area contributed by atoms with Gasteiger partial charge in [0.1, 0.15) is 11.3 Å². The van der Waals surface area contributed by atoms with E-state index < -0.39 is 18.0 Å². The van der Waals surface area contributed by atoms with Crippen LogP contribution in [0.15, 0.2) is 30.5 Å². The molecule has 0 aliphatic rings. The summed E-state index contributed by atoms with van der Waals surface area (Å²) in [6.45, 7) is 3.04. The van der Waals surface area contributed by atoms with Crippen molar-refractivity contribution in [3.63, 3.8) is 0 Å². The Morgan fingerprint density at radius 2 is 2.04 bits per heavy atom. The summed E-state index contributed by atoms with van der Waals surface area (Å²) in [6, 6.07) is 6.09. The molecular formula is C16H14Cl2N2O4. The van der Waals surface area contributed by atoms with E-state index in [1.165, 1.54) is 25.3 Å². The maximum Gasteiger partial charge on any atom is 0.342 e. The minimum absolute atomic E-state index is 0.0164. The Kier molecular flexibility index (Phi) is 5.64. The van der Waals surface area contributed by atoms with Gasteiger partial charge in [0.15, 0.2) is 11.9 Å². The van der Waals surface area contributed by atoms with Crippen LogP contribution in [0.3, 0.4) is 0 Å². The van der Waals surface area contributed by atoms with Crippen molar-refractivity contribution < 1.29 is 19.4 Å². The van der Waals surface area contributed by atoms with E-state index in [1.54, 1.807) is 19.1 Å². The number of aryl methyl sites for hydroxylation is 1. The van der Waals surface area contributed by atoms with Gasteiger partial charge >= 0.3 is 5.97 Å². The molecule has 1 heterocycles. The van der Waals surface area contributed by atoms with Crippen molar-refractivity contribution in [2.45, 2.75) is 20.0 Å². The Balaban J connectivity index is 2.06. The number of phenols is 1. The molecule has 0 saturated carbocycles. The number of aromatic nitrogens is 1. The lowest BCUT2D eigenvalue weighted by molar-refractivity contribution is -0.123. The number of aromatic hydroxyl groups is 1. The van der Waals surface area contributed by atoms with Crippen LogP contribution in [0, 0.1) is 6.92 Å². The normalized spacial score (nSPS) is 11.7. The van der Waals surface area contributed by atoms with E-state index in [0.29, 0.717) is 10.6 Å². The van der Waals surface area contributed by atoms with Crippen molar-refractivity contribution >= 4 is 40.9 Å². The fraction of sp³-hybridized carbons (Fsp3) is 0.188. The first-order valence-electron chi connectivity index (χ1n) is 6.91. The van der Waals surface area contributed by atoms with Gasteiger partial charge in [-0.25, -0.2) is 9.78 Å². The predicted molar refractivity (Wildman–Crippen MR) is 90.6 cm³/mol. The average molecular weight is 369 g/mol. The first-order valence-corrected chi connectivity index (χ1v) is 7.66. The molecule has 0 fully saturated rings. The topological polar surface area (TPSA) is 88.5 Å². The number of rotatable bonds is 4. The number of anilines is 1. The monoisotopic (exact) mass is 368 g/mol. The van der Waals surface area contributed by atoms with Crippen molar-refractivity contribution in [1.82, 2.24) is 4.98 Å². The number of carbonyl (C=O) groups excluding carboxylic acids is 2. The molecule has 2 N–H and O–H groups in total. The van der Waals surface area contributed by atoms with Gasteiger partial charge in [0.2, 0.25) is 0 Å². The Morgan fingerprint density at radius 1 is 1.33 bits per heavy atom. The van der Waals surface area contributed by atoms with Crippen molar-refractivity contribution in [1.29, 1.82) is 0 Å². The third-order valence-electron chi connectivity index (χ3n) is 3.16. The van der Waals surface area contributed by atoms with Crippen LogP contribution in [0.25, 0.3) is 0 Å². The number of nitrogens with one attached hydrogen (secondary N) is 1. The van der Waals surface area contributed by atoms with E-state index in [4.69, 9.17) is 27.9 Å². The maximum absolute atomic E-state index is 12.1. The van der Waals surface area contributed by atoms with Crippen LogP contribution in [0.4, 0.5) is 5.82 Å². The summed E-state index contributed by atoms with van der Waals surface area (Å²) < 4.78 is 5.06. The molecule has 2 rings (SSSR count). The third kappa shape index (κ3) is 4.15. The zero-order valence-corrected chi connectivity index (χ0v) is 14.4. The Morgan fingerprint density at radius 3 is 2.71 bits per heavy atom. The summed E-state index contributed by atoms with van der Waals surface area (Å²) in [7, 11) is 0. The van der Waals surface area contributed by atoms with Crippen LogP contribution >= 0.6 is 23.2 Å². The number of carbonyl (C=O) groups is 2. The summed E-state index contributed by atoms with van der Waals surface area (Å²) in [5, 5.41) is 12.8. The predicted octanol–water partition coefficient (Wildman–Crippen LogP) is 3.59. The van der Waals surface area contributed by atoms with Crippen LogP contribution < -0.4 is 5.32 Å². The number of hydrogen-bond donors (Lipinski definition) is 2. The molecule has 1 aromatic heterocycles. The van der Waals surface area contributed by atoms with Gasteiger partial charge in [0, 0.05) is 6.20 Å². The quantitative estimate of drug-likeness (QED) is 0.805. The molecule has 0 saturated heterocycles. The maximum atomic E-state index is 12.1. The largest absolute Gasteiger partial charge is 0.507 e. The number of para-hydroxylation sites is 1. The fourth-order valence-corrected chi connectivity index (χ4v) is 2.25. The molecular weight excluding hydrogens is 355 g/mol. The number of halogens is 2. The molecule has 0 aliphatic carbocycles. The first kappa shape index (κ1) is 18.0. The van der Waals surface area contributed by atoms with Gasteiger partial charge in [0.25, 0.3) is 5.91 Å². The summed E-state index contributed by atoms with van der Waals surface area (Å²) >= 11 is 11.6. The molecule has 6 nitrogen and oxygen atoms in total. The second-order valence-electron chi connectivity index (χ2n) is 4.99. The molecule has 1 aromatic carbocycles. The highest BCUT2D eigenvalue weighted by Gasteiger charge is 2.22. The van der Waals surface area contributed by atoms with E-state index in [2.05, 4.69) is 10.3 Å². The standard InChI is InChI=1S/C16H14Cl2N2O4/c1-8-4-3-5-11(13(8)21)16(23)24-9(2)15(22)20-14-12(18)6-10(17)7-19-14/h3-7,9,21H,1-2H3,(H,19,20,22). The second kappa shape index (κ2) is 7.51. The first-order chi connectivity index (χ1) is 11.3. The van der Waals surface area contributed by atoms with E-state index in [1.807, 2.05) is 0 Å². The smallest absolute Gasteiger partial charge is 0.342 e. The van der Waals surface area contributed by atoms with Crippen LogP contribution in [-0.2, 0) is 9.53 Å². The Labute approximate surface area is 148 Å². The molecule has 0 spiro atoms. The zero-order valence-electron chi connectivity index (χ0n) is 12.8. The third-order valence-corrected chi connectivity index (χ3v) is 3.65. The van der Waals surface area contributed by atoms with Crippen LogP contribution in [0.1, 0.15) is 22.8 Å². The van der Waals surface area contributed by atoms with E-state index >= 15 is 0 Å². The van der Waals surface area contributed by atoms with Crippen LogP contribution in [-0.4, -0.2) is 28.1 Å². The highest BCUT2D eigenvalue weighted by atomic mass is 35.5. The minimum atomic E-state index is -1.12. The summed E-state index contributed by atoms with van der Waals surface area (Å²) in [5.74, 6) is -1.51. The molecule has 8 heteroatoms. The molecule has 1 unspecified atom stereocenters. The highest BCUT2D eigenvalue weighted by molar-refractivity contribution is 6.36. The SMILES string of the molecule is Cc1cccc(C(=O)OC(C)C(=O)Nc2ncc(Cl)cc2Cl)c1O. The van der Waals surface area contributed by atoms with Crippen molar-refractivity contribution in [2.24, 2.45) is 0 Å². The zero-order chi connectivity index (χ0) is 17.9. The van der Waals surface area contributed by atoms with E-state index in [0.717, 1.165) is 0 Å². The molecule has 0 bridgehead atoms. The number of amides is 1. The lowest BCUT2D eigenvalue weighted by atomic mass is 10.1. The second-order valence-corrected chi connectivity index (χ2v) is 5.84. The Bertz CT molecular complexity index is 796. The van der Waals surface area contributed by atoms with Gasteiger partial charge in [-0.3, -0.25) is 4.79 Å². The number of pyridine rings is 1. The van der Waals surface area contributed by atoms with Gasteiger partial charge in [-0.2, -0.15) is 0 Å². The van der Waals surface area contributed by atoms with Gasteiger partial charge in [-0.15, -0.1) is 0 Å². The van der Waals surface area contributed by atoms with Gasteiger partial charge in [-0.1, -0.05) is 35.3 Å². The molecule has 24 heavy (non-hydrogen) atoms. The van der Waals surface area contributed by atoms with Gasteiger partial charge in [-0.05, 0) is 31.5 Å². The summed E-state index contributed by atoms with van der Waals surface area (Å²) in [4.78, 5) is 28.0. The molecule has 1 amide bonds. The average Bonchev–Trinajstić information content (AvgIpc) is 2.52. The highest BCUT2D eigenvalue weighted by Crippen LogP contribution is 2.24.